The first kappa shape index (κ1) is 17.2. The van der Waals surface area contributed by atoms with Gasteiger partial charge in [-0.3, -0.25) is 5.10 Å². The fourth-order valence-electron chi connectivity index (χ4n) is 2.89. The standard InChI is InChI=1S/C21H18N4OS/c1-15-23-24-21(27)25(15)22-13-19-18-10-6-5-9-17(18)11-12-20(19)26-14-16-7-3-2-4-8-16/h2-13H,14H2,1H3,(H,24,27)/b22-13-. The zero-order chi connectivity index (χ0) is 18.6. The van der Waals surface area contributed by atoms with E-state index in [1.165, 1.54) is 0 Å². The summed E-state index contributed by atoms with van der Waals surface area (Å²) < 4.78 is 8.16. The van der Waals surface area contributed by atoms with Crippen molar-refractivity contribution in [3.63, 3.8) is 0 Å². The summed E-state index contributed by atoms with van der Waals surface area (Å²) in [6.07, 6.45) is 1.78. The van der Waals surface area contributed by atoms with Crippen LogP contribution < -0.4 is 4.74 Å². The molecule has 4 aromatic rings. The largest absolute Gasteiger partial charge is 0.488 e. The van der Waals surface area contributed by atoms with Gasteiger partial charge < -0.3 is 4.74 Å². The minimum Gasteiger partial charge on any atom is -0.488 e. The number of nitrogens with zero attached hydrogens (tertiary/aromatic N) is 3. The molecule has 1 heterocycles. The van der Waals surface area contributed by atoms with Crippen molar-refractivity contribution < 1.29 is 4.74 Å². The second-order valence-corrected chi connectivity index (χ2v) is 6.49. The molecule has 1 aromatic heterocycles. The van der Waals surface area contributed by atoms with Crippen LogP contribution in [0.2, 0.25) is 0 Å². The molecule has 0 bridgehead atoms. The van der Waals surface area contributed by atoms with Crippen LogP contribution in [0.4, 0.5) is 0 Å². The van der Waals surface area contributed by atoms with E-state index in [2.05, 4.69) is 33.5 Å². The minimum absolute atomic E-state index is 0.454. The highest BCUT2D eigenvalue weighted by Gasteiger charge is 2.08. The normalized spacial score (nSPS) is 11.3. The van der Waals surface area contributed by atoms with Gasteiger partial charge in [0.1, 0.15) is 18.2 Å². The highest BCUT2D eigenvalue weighted by molar-refractivity contribution is 7.71. The Balaban J connectivity index is 1.75. The second kappa shape index (κ2) is 7.55. The van der Waals surface area contributed by atoms with Crippen molar-refractivity contribution in [1.29, 1.82) is 0 Å². The number of ether oxygens (including phenoxy) is 1. The highest BCUT2D eigenvalue weighted by atomic mass is 32.1. The van der Waals surface area contributed by atoms with E-state index in [9.17, 15) is 0 Å². The molecule has 0 spiro atoms. The molecule has 0 radical (unpaired) electrons. The molecule has 134 valence electrons. The third-order valence-corrected chi connectivity index (χ3v) is 4.55. The summed E-state index contributed by atoms with van der Waals surface area (Å²) in [6.45, 7) is 2.34. The number of aryl methyl sites for hydroxylation is 1. The van der Waals surface area contributed by atoms with Crippen LogP contribution in [-0.4, -0.2) is 21.1 Å². The van der Waals surface area contributed by atoms with Crippen molar-refractivity contribution >= 4 is 29.2 Å². The maximum Gasteiger partial charge on any atom is 0.216 e. The smallest absolute Gasteiger partial charge is 0.216 e. The van der Waals surface area contributed by atoms with Crippen molar-refractivity contribution in [3.05, 3.63) is 88.5 Å². The number of H-pyrrole nitrogens is 1. The molecule has 0 amide bonds. The Hall–Kier alpha value is -3.25. The Kier molecular flexibility index (Phi) is 4.80. The van der Waals surface area contributed by atoms with Gasteiger partial charge in [0, 0.05) is 5.56 Å². The molecule has 5 nitrogen and oxygen atoms in total. The third kappa shape index (κ3) is 3.66. The van der Waals surface area contributed by atoms with Crippen LogP contribution in [0.25, 0.3) is 10.8 Å². The molecule has 0 atom stereocenters. The van der Waals surface area contributed by atoms with E-state index in [0.29, 0.717) is 17.2 Å². The average Bonchev–Trinajstić information content (AvgIpc) is 3.03. The van der Waals surface area contributed by atoms with Gasteiger partial charge in [0.25, 0.3) is 0 Å². The maximum absolute atomic E-state index is 6.11. The predicted octanol–water partition coefficient (Wildman–Crippen LogP) is 4.86. The molecular weight excluding hydrogens is 356 g/mol. The number of rotatable bonds is 5. The summed E-state index contributed by atoms with van der Waals surface area (Å²) >= 11 is 5.23. The van der Waals surface area contributed by atoms with Gasteiger partial charge in [-0.25, -0.2) is 0 Å². The van der Waals surface area contributed by atoms with E-state index < -0.39 is 0 Å². The van der Waals surface area contributed by atoms with E-state index in [1.807, 2.05) is 55.5 Å². The Morgan fingerprint density at radius 2 is 1.85 bits per heavy atom. The molecular formula is C21H18N4OS. The van der Waals surface area contributed by atoms with Gasteiger partial charge in [-0.15, -0.1) is 0 Å². The fourth-order valence-corrected chi connectivity index (χ4v) is 3.12. The van der Waals surface area contributed by atoms with E-state index in [0.717, 1.165) is 27.6 Å². The molecule has 3 aromatic carbocycles. The molecule has 0 aliphatic rings. The number of aromatic nitrogens is 3. The van der Waals surface area contributed by atoms with Crippen molar-refractivity contribution in [3.8, 4) is 5.75 Å². The van der Waals surface area contributed by atoms with Gasteiger partial charge >= 0.3 is 0 Å². The number of aromatic amines is 1. The van der Waals surface area contributed by atoms with Crippen molar-refractivity contribution in [1.82, 2.24) is 14.9 Å². The highest BCUT2D eigenvalue weighted by Crippen LogP contribution is 2.27. The first-order chi connectivity index (χ1) is 13.2. The topological polar surface area (TPSA) is 55.2 Å². The lowest BCUT2D eigenvalue weighted by Gasteiger charge is -2.12. The number of hydrogen-bond donors (Lipinski definition) is 1. The molecule has 0 saturated carbocycles. The van der Waals surface area contributed by atoms with E-state index in [-0.39, 0.29) is 0 Å². The molecule has 0 unspecified atom stereocenters. The van der Waals surface area contributed by atoms with Crippen molar-refractivity contribution in [2.75, 3.05) is 0 Å². The van der Waals surface area contributed by atoms with Gasteiger partial charge in [0.2, 0.25) is 4.77 Å². The molecule has 0 aliphatic carbocycles. The quantitative estimate of drug-likeness (QED) is 0.401. The van der Waals surface area contributed by atoms with E-state index >= 15 is 0 Å². The molecule has 27 heavy (non-hydrogen) atoms. The van der Waals surface area contributed by atoms with Gasteiger partial charge in [0.15, 0.2) is 0 Å². The van der Waals surface area contributed by atoms with Crippen molar-refractivity contribution in [2.24, 2.45) is 5.10 Å². The van der Waals surface area contributed by atoms with Crippen LogP contribution in [0.15, 0.2) is 71.8 Å². The molecule has 0 saturated heterocycles. The summed E-state index contributed by atoms with van der Waals surface area (Å²) in [7, 11) is 0. The van der Waals surface area contributed by atoms with Gasteiger partial charge in [-0.2, -0.15) is 14.9 Å². The molecule has 0 aliphatic heterocycles. The van der Waals surface area contributed by atoms with Gasteiger partial charge in [-0.05, 0) is 41.5 Å². The zero-order valence-corrected chi connectivity index (χ0v) is 15.6. The first-order valence-electron chi connectivity index (χ1n) is 8.59. The molecule has 6 heteroatoms. The lowest BCUT2D eigenvalue weighted by molar-refractivity contribution is 0.306. The summed E-state index contributed by atoms with van der Waals surface area (Å²) in [4.78, 5) is 0. The Bertz CT molecular complexity index is 1160. The summed E-state index contributed by atoms with van der Waals surface area (Å²) in [6, 6.07) is 22.3. The number of benzene rings is 3. The minimum atomic E-state index is 0.454. The average molecular weight is 374 g/mol. The lowest BCUT2D eigenvalue weighted by atomic mass is 10.0. The Morgan fingerprint density at radius 3 is 2.63 bits per heavy atom. The van der Waals surface area contributed by atoms with Crippen LogP contribution in [0.3, 0.4) is 0 Å². The maximum atomic E-state index is 6.11. The SMILES string of the molecule is Cc1n[nH]c(=S)n1/N=C\c1c(OCc2ccccc2)ccc2ccccc12. The van der Waals surface area contributed by atoms with Crippen LogP contribution >= 0.6 is 12.2 Å². The summed E-state index contributed by atoms with van der Waals surface area (Å²) in [5.41, 5.74) is 2.02. The molecule has 4 rings (SSSR count). The van der Waals surface area contributed by atoms with Crippen molar-refractivity contribution in [2.45, 2.75) is 13.5 Å². The molecule has 1 N–H and O–H groups in total. The second-order valence-electron chi connectivity index (χ2n) is 6.11. The molecule has 0 fully saturated rings. The Labute approximate surface area is 161 Å². The number of nitrogens with one attached hydrogen (secondary N) is 1. The van der Waals surface area contributed by atoms with Crippen LogP contribution in [-0.2, 0) is 6.61 Å². The predicted molar refractivity (Wildman–Crippen MR) is 110 cm³/mol. The van der Waals surface area contributed by atoms with Crippen LogP contribution in [0.5, 0.6) is 5.75 Å². The number of fused-ring (bicyclic) bond motifs is 1. The fraction of sp³-hybridized carbons (Fsp3) is 0.0952. The van der Waals surface area contributed by atoms with Gasteiger partial charge in [0.05, 0.1) is 6.21 Å². The zero-order valence-electron chi connectivity index (χ0n) is 14.8. The first-order valence-corrected chi connectivity index (χ1v) is 9.00. The van der Waals surface area contributed by atoms with Crippen LogP contribution in [0, 0.1) is 11.7 Å². The van der Waals surface area contributed by atoms with E-state index in [1.54, 1.807) is 10.9 Å². The van der Waals surface area contributed by atoms with E-state index in [4.69, 9.17) is 17.0 Å². The monoisotopic (exact) mass is 374 g/mol. The summed E-state index contributed by atoms with van der Waals surface area (Å²) in [5.74, 6) is 1.47. The van der Waals surface area contributed by atoms with Crippen LogP contribution in [0.1, 0.15) is 17.0 Å². The number of hydrogen-bond acceptors (Lipinski definition) is 4. The Morgan fingerprint density at radius 1 is 1.07 bits per heavy atom. The summed E-state index contributed by atoms with van der Waals surface area (Å²) in [5, 5.41) is 13.5. The lowest BCUT2D eigenvalue weighted by Crippen LogP contribution is -2.00. The van der Waals surface area contributed by atoms with Gasteiger partial charge in [-0.1, -0.05) is 60.7 Å². The third-order valence-electron chi connectivity index (χ3n) is 4.28.